The van der Waals surface area contributed by atoms with Crippen molar-refractivity contribution in [2.45, 2.75) is 31.4 Å². The summed E-state index contributed by atoms with van der Waals surface area (Å²) in [4.78, 5) is 37.5. The summed E-state index contributed by atoms with van der Waals surface area (Å²) in [6, 6.07) is 25.9. The molecule has 6 nitrogen and oxygen atoms in total. The van der Waals surface area contributed by atoms with Crippen LogP contribution in [0.3, 0.4) is 0 Å². The van der Waals surface area contributed by atoms with Gasteiger partial charge in [-0.15, -0.1) is 0 Å². The van der Waals surface area contributed by atoms with Gasteiger partial charge in [-0.2, -0.15) is 0 Å². The molecule has 0 bridgehead atoms. The normalized spacial score (nSPS) is 11.9. The summed E-state index contributed by atoms with van der Waals surface area (Å²) in [5.74, 6) is -2.53. The van der Waals surface area contributed by atoms with E-state index in [4.69, 9.17) is 4.74 Å². The number of rotatable bonds is 9. The SMILES string of the molecule is CC(C(=O)N[C@H](CC(=O)OCc1ccccc1)C(=O)O)(c1ccccc1)c1ccccc1. The minimum absolute atomic E-state index is 0.0334. The van der Waals surface area contributed by atoms with Gasteiger partial charge in [-0.1, -0.05) is 91.0 Å². The molecule has 0 unspecified atom stereocenters. The molecule has 1 atom stereocenters. The van der Waals surface area contributed by atoms with Gasteiger partial charge in [0.05, 0.1) is 11.8 Å². The molecule has 0 saturated heterocycles. The van der Waals surface area contributed by atoms with Crippen LogP contribution in [0, 0.1) is 0 Å². The molecule has 0 heterocycles. The average Bonchev–Trinajstić information content (AvgIpc) is 2.83. The molecule has 3 rings (SSSR count). The van der Waals surface area contributed by atoms with E-state index in [1.807, 2.05) is 78.9 Å². The smallest absolute Gasteiger partial charge is 0.326 e. The Morgan fingerprint density at radius 2 is 1.31 bits per heavy atom. The highest BCUT2D eigenvalue weighted by Crippen LogP contribution is 2.32. The van der Waals surface area contributed by atoms with Crippen LogP contribution in [0.1, 0.15) is 30.0 Å². The summed E-state index contributed by atoms with van der Waals surface area (Å²) in [5.41, 5.74) is 1.06. The topological polar surface area (TPSA) is 92.7 Å². The predicted molar refractivity (Wildman–Crippen MR) is 120 cm³/mol. The molecule has 3 aromatic carbocycles. The van der Waals surface area contributed by atoms with Crippen LogP contribution in [0.4, 0.5) is 0 Å². The van der Waals surface area contributed by atoms with Crippen LogP contribution in [-0.2, 0) is 31.1 Å². The zero-order chi connectivity index (χ0) is 23.0. The van der Waals surface area contributed by atoms with E-state index in [0.29, 0.717) is 11.1 Å². The lowest BCUT2D eigenvalue weighted by Crippen LogP contribution is -2.50. The van der Waals surface area contributed by atoms with Crippen molar-refractivity contribution in [2.24, 2.45) is 0 Å². The summed E-state index contributed by atoms with van der Waals surface area (Å²) in [7, 11) is 0. The van der Waals surface area contributed by atoms with Gasteiger partial charge in [0.1, 0.15) is 12.6 Å². The number of hydrogen-bond donors (Lipinski definition) is 2. The molecule has 164 valence electrons. The lowest BCUT2D eigenvalue weighted by molar-refractivity contribution is -0.151. The maximum Gasteiger partial charge on any atom is 0.326 e. The third kappa shape index (κ3) is 5.40. The van der Waals surface area contributed by atoms with Crippen LogP contribution in [-0.4, -0.2) is 29.0 Å². The molecule has 0 aliphatic heterocycles. The average molecular weight is 431 g/mol. The Balaban J connectivity index is 1.77. The summed E-state index contributed by atoms with van der Waals surface area (Å²) < 4.78 is 5.19. The largest absolute Gasteiger partial charge is 0.480 e. The predicted octanol–water partition coefficient (Wildman–Crippen LogP) is 3.70. The highest BCUT2D eigenvalue weighted by molar-refractivity contribution is 5.95. The van der Waals surface area contributed by atoms with Crippen molar-refractivity contribution in [2.75, 3.05) is 0 Å². The van der Waals surface area contributed by atoms with Crippen molar-refractivity contribution < 1.29 is 24.2 Å². The molecule has 0 spiro atoms. The second kappa shape index (κ2) is 10.4. The van der Waals surface area contributed by atoms with E-state index in [9.17, 15) is 19.5 Å². The Bertz CT molecular complexity index is 1010. The number of benzene rings is 3. The molecule has 0 aliphatic carbocycles. The first-order valence-corrected chi connectivity index (χ1v) is 10.3. The number of amides is 1. The number of aliphatic carboxylic acids is 1. The highest BCUT2D eigenvalue weighted by Gasteiger charge is 2.39. The number of hydrogen-bond acceptors (Lipinski definition) is 4. The van der Waals surface area contributed by atoms with Crippen molar-refractivity contribution in [1.29, 1.82) is 0 Å². The molecular weight excluding hydrogens is 406 g/mol. The number of nitrogens with one attached hydrogen (secondary N) is 1. The van der Waals surface area contributed by atoms with Crippen LogP contribution in [0.2, 0.25) is 0 Å². The van der Waals surface area contributed by atoms with Gasteiger partial charge in [0.2, 0.25) is 5.91 Å². The molecule has 0 aromatic heterocycles. The molecule has 6 heteroatoms. The summed E-state index contributed by atoms with van der Waals surface area (Å²) in [6.07, 6.45) is -0.479. The third-order valence-corrected chi connectivity index (χ3v) is 5.37. The summed E-state index contributed by atoms with van der Waals surface area (Å²) in [5, 5.41) is 12.2. The van der Waals surface area contributed by atoms with Crippen molar-refractivity contribution >= 4 is 17.8 Å². The van der Waals surface area contributed by atoms with Crippen molar-refractivity contribution in [1.82, 2.24) is 5.32 Å². The minimum atomic E-state index is -1.42. The quantitative estimate of drug-likeness (QED) is 0.504. The van der Waals surface area contributed by atoms with E-state index in [1.165, 1.54) is 0 Å². The van der Waals surface area contributed by atoms with Crippen molar-refractivity contribution in [3.8, 4) is 0 Å². The number of esters is 1. The number of carbonyl (C=O) groups excluding carboxylic acids is 2. The maximum atomic E-state index is 13.4. The first kappa shape index (κ1) is 22.7. The monoisotopic (exact) mass is 431 g/mol. The van der Waals surface area contributed by atoms with Crippen LogP contribution >= 0.6 is 0 Å². The van der Waals surface area contributed by atoms with Gasteiger partial charge in [0.25, 0.3) is 0 Å². The van der Waals surface area contributed by atoms with Crippen LogP contribution < -0.4 is 5.32 Å². The highest BCUT2D eigenvalue weighted by atomic mass is 16.5. The minimum Gasteiger partial charge on any atom is -0.480 e. The number of ether oxygens (including phenoxy) is 1. The fourth-order valence-electron chi connectivity index (χ4n) is 3.44. The van der Waals surface area contributed by atoms with E-state index in [1.54, 1.807) is 19.1 Å². The summed E-state index contributed by atoms with van der Waals surface area (Å²) >= 11 is 0. The summed E-state index contributed by atoms with van der Waals surface area (Å²) in [6.45, 7) is 1.77. The molecular formula is C26H25NO5. The van der Waals surface area contributed by atoms with Crippen LogP contribution in [0.5, 0.6) is 0 Å². The van der Waals surface area contributed by atoms with E-state index >= 15 is 0 Å². The molecule has 32 heavy (non-hydrogen) atoms. The van der Waals surface area contributed by atoms with Gasteiger partial charge in [-0.05, 0) is 23.6 Å². The second-order valence-corrected chi connectivity index (χ2v) is 7.57. The van der Waals surface area contributed by atoms with E-state index in [0.717, 1.165) is 5.56 Å². The third-order valence-electron chi connectivity index (χ3n) is 5.37. The first-order valence-electron chi connectivity index (χ1n) is 10.3. The molecule has 0 aliphatic rings. The van der Waals surface area contributed by atoms with Crippen molar-refractivity contribution in [3.63, 3.8) is 0 Å². The van der Waals surface area contributed by atoms with Gasteiger partial charge in [-0.3, -0.25) is 9.59 Å². The lowest BCUT2D eigenvalue weighted by Gasteiger charge is -2.31. The second-order valence-electron chi connectivity index (χ2n) is 7.57. The first-order chi connectivity index (χ1) is 15.4. The molecule has 3 aromatic rings. The Morgan fingerprint density at radius 3 is 1.78 bits per heavy atom. The van der Waals surface area contributed by atoms with Crippen LogP contribution in [0.25, 0.3) is 0 Å². The van der Waals surface area contributed by atoms with Gasteiger partial charge >= 0.3 is 11.9 Å². The molecule has 1 amide bonds. The standard InChI is InChI=1S/C26H25NO5/c1-26(20-13-7-3-8-14-20,21-15-9-4-10-16-21)25(31)27-22(24(29)30)17-23(28)32-18-19-11-5-2-6-12-19/h2-16,22H,17-18H2,1H3,(H,27,31)(H,29,30)/t22-/m1/s1. The number of carboxylic acids is 1. The Labute approximate surface area is 186 Å². The van der Waals surface area contributed by atoms with Crippen molar-refractivity contribution in [3.05, 3.63) is 108 Å². The fourth-order valence-corrected chi connectivity index (χ4v) is 3.44. The van der Waals surface area contributed by atoms with Gasteiger partial charge in [-0.25, -0.2) is 4.79 Å². The van der Waals surface area contributed by atoms with Gasteiger partial charge in [0.15, 0.2) is 0 Å². The molecule has 0 radical (unpaired) electrons. The van der Waals surface area contributed by atoms with Gasteiger partial charge in [0, 0.05) is 0 Å². The Morgan fingerprint density at radius 1 is 0.844 bits per heavy atom. The van der Waals surface area contributed by atoms with E-state index in [2.05, 4.69) is 5.32 Å². The maximum absolute atomic E-state index is 13.4. The molecule has 2 N–H and O–H groups in total. The molecule has 0 saturated carbocycles. The lowest BCUT2D eigenvalue weighted by atomic mass is 9.75. The Kier molecular flexibility index (Phi) is 7.39. The number of carboxylic acid groups (broad SMARTS) is 1. The Hall–Kier alpha value is -3.93. The van der Waals surface area contributed by atoms with E-state index in [-0.39, 0.29) is 6.61 Å². The van der Waals surface area contributed by atoms with E-state index < -0.39 is 35.7 Å². The van der Waals surface area contributed by atoms with Gasteiger partial charge < -0.3 is 15.2 Å². The molecule has 0 fully saturated rings. The zero-order valence-electron chi connectivity index (χ0n) is 17.7. The zero-order valence-corrected chi connectivity index (χ0v) is 17.7. The van der Waals surface area contributed by atoms with Crippen LogP contribution in [0.15, 0.2) is 91.0 Å². The fraction of sp³-hybridized carbons (Fsp3) is 0.192. The number of carbonyl (C=O) groups is 3.